The van der Waals surface area contributed by atoms with Crippen molar-refractivity contribution in [3.8, 4) is 21.8 Å². The Kier molecular flexibility index (Phi) is 3.56. The minimum absolute atomic E-state index is 0.0127. The number of nitrogens with one attached hydrogen (secondary N) is 1. The molecule has 7 heteroatoms. The van der Waals surface area contributed by atoms with Gasteiger partial charge < -0.3 is 5.11 Å². The quantitative estimate of drug-likeness (QED) is 0.774. The number of carbonyl (C=O) groups is 1. The van der Waals surface area contributed by atoms with Gasteiger partial charge >= 0.3 is 5.97 Å². The number of nitrogens with zero attached hydrogens (tertiary/aromatic N) is 2. The summed E-state index contributed by atoms with van der Waals surface area (Å²) < 4.78 is 0. The summed E-state index contributed by atoms with van der Waals surface area (Å²) in [6, 6.07) is 10.7. The highest BCUT2D eigenvalue weighted by Gasteiger charge is 2.20. The first-order chi connectivity index (χ1) is 10.6. The van der Waals surface area contributed by atoms with Crippen LogP contribution in [0, 0.1) is 6.92 Å². The number of aryl methyl sites for hydroxylation is 1. The molecule has 2 aromatic heterocycles. The third kappa shape index (κ3) is 2.53. The predicted molar refractivity (Wildman–Crippen MR) is 83.1 cm³/mol. The molecule has 6 nitrogen and oxygen atoms in total. The third-order valence-electron chi connectivity index (χ3n) is 3.07. The second-order valence-corrected chi connectivity index (χ2v) is 5.63. The van der Waals surface area contributed by atoms with Gasteiger partial charge in [-0.3, -0.25) is 4.79 Å². The zero-order valence-corrected chi connectivity index (χ0v) is 12.3. The smallest absolute Gasteiger partial charge is 0.365 e. The highest BCUT2D eigenvalue weighted by atomic mass is 32.1. The molecule has 0 fully saturated rings. The average molecular weight is 313 g/mol. The second-order valence-electron chi connectivity index (χ2n) is 4.63. The predicted octanol–water partition coefficient (Wildman–Crippen LogP) is 2.57. The Morgan fingerprint density at radius 2 is 1.95 bits per heavy atom. The summed E-state index contributed by atoms with van der Waals surface area (Å²) in [5.41, 5.74) is 2.25. The van der Waals surface area contributed by atoms with Crippen LogP contribution in [0.5, 0.6) is 0 Å². The number of carboxylic acids is 1. The van der Waals surface area contributed by atoms with Crippen LogP contribution in [0.2, 0.25) is 0 Å². The van der Waals surface area contributed by atoms with E-state index in [1.54, 1.807) is 6.92 Å². The van der Waals surface area contributed by atoms with Gasteiger partial charge in [-0.15, -0.1) is 11.3 Å². The number of aromatic amines is 1. The minimum atomic E-state index is -1.09. The number of thiazole rings is 1. The van der Waals surface area contributed by atoms with Crippen molar-refractivity contribution in [2.24, 2.45) is 0 Å². The van der Waals surface area contributed by atoms with Crippen LogP contribution in [0.25, 0.3) is 21.8 Å². The standard InChI is InChI=1S/C15H11N3O3S/c1-8-7-10(19)17-18-11(8)13-12(9-5-3-2-4-6-9)16-14(22-13)15(20)21/h2-7H,1H3,(H,17,19)(H,20,21). The van der Waals surface area contributed by atoms with Gasteiger partial charge in [-0.05, 0) is 12.5 Å². The Morgan fingerprint density at radius 3 is 2.59 bits per heavy atom. The number of H-pyrrole nitrogens is 1. The van der Waals surface area contributed by atoms with Crippen LogP contribution in [0.4, 0.5) is 0 Å². The van der Waals surface area contributed by atoms with E-state index in [1.165, 1.54) is 6.07 Å². The molecule has 0 amide bonds. The highest BCUT2D eigenvalue weighted by molar-refractivity contribution is 7.17. The molecular weight excluding hydrogens is 302 g/mol. The fourth-order valence-electron chi connectivity index (χ4n) is 2.09. The van der Waals surface area contributed by atoms with Crippen molar-refractivity contribution in [2.45, 2.75) is 6.92 Å². The van der Waals surface area contributed by atoms with Gasteiger partial charge in [-0.2, -0.15) is 5.10 Å². The SMILES string of the molecule is Cc1cc(=O)[nH]nc1-c1sc(C(=O)O)nc1-c1ccccc1. The first kappa shape index (κ1) is 14.2. The van der Waals surface area contributed by atoms with Crippen molar-refractivity contribution < 1.29 is 9.90 Å². The maximum atomic E-state index is 11.3. The monoisotopic (exact) mass is 313 g/mol. The van der Waals surface area contributed by atoms with E-state index >= 15 is 0 Å². The Balaban J connectivity index is 2.26. The molecule has 110 valence electrons. The van der Waals surface area contributed by atoms with E-state index in [-0.39, 0.29) is 10.6 Å². The zero-order chi connectivity index (χ0) is 15.7. The number of hydrogen-bond acceptors (Lipinski definition) is 5. The first-order valence-electron chi connectivity index (χ1n) is 6.42. The van der Waals surface area contributed by atoms with Crippen molar-refractivity contribution in [1.82, 2.24) is 15.2 Å². The Morgan fingerprint density at radius 1 is 1.23 bits per heavy atom. The molecule has 0 bridgehead atoms. The Labute approximate surface area is 129 Å². The van der Waals surface area contributed by atoms with Crippen LogP contribution in [0.3, 0.4) is 0 Å². The number of aromatic nitrogens is 3. The van der Waals surface area contributed by atoms with Crippen LogP contribution in [-0.4, -0.2) is 26.3 Å². The van der Waals surface area contributed by atoms with Gasteiger partial charge in [0.15, 0.2) is 0 Å². The van der Waals surface area contributed by atoms with Gasteiger partial charge in [0.2, 0.25) is 5.01 Å². The lowest BCUT2D eigenvalue weighted by Crippen LogP contribution is -2.08. The van der Waals surface area contributed by atoms with E-state index in [4.69, 9.17) is 0 Å². The van der Waals surface area contributed by atoms with E-state index in [0.717, 1.165) is 16.9 Å². The van der Waals surface area contributed by atoms with Crippen molar-refractivity contribution in [3.63, 3.8) is 0 Å². The molecule has 0 saturated carbocycles. The Bertz CT molecular complexity index is 900. The fourth-order valence-corrected chi connectivity index (χ4v) is 3.07. The highest BCUT2D eigenvalue weighted by Crippen LogP contribution is 2.36. The van der Waals surface area contributed by atoms with Gasteiger partial charge in [0.05, 0.1) is 10.6 Å². The average Bonchev–Trinajstić information content (AvgIpc) is 2.93. The maximum absolute atomic E-state index is 11.3. The van der Waals surface area contributed by atoms with E-state index in [9.17, 15) is 14.7 Å². The molecule has 1 aromatic carbocycles. The van der Waals surface area contributed by atoms with Crippen LogP contribution in [0.15, 0.2) is 41.2 Å². The molecular formula is C15H11N3O3S. The van der Waals surface area contributed by atoms with Crippen LogP contribution in [-0.2, 0) is 0 Å². The van der Waals surface area contributed by atoms with Crippen molar-refractivity contribution in [3.05, 3.63) is 57.3 Å². The number of rotatable bonds is 3. The molecule has 0 spiro atoms. The Hall–Kier alpha value is -2.80. The van der Waals surface area contributed by atoms with E-state index < -0.39 is 5.97 Å². The normalized spacial score (nSPS) is 10.6. The molecule has 0 radical (unpaired) electrons. The summed E-state index contributed by atoms with van der Waals surface area (Å²) >= 11 is 1.04. The van der Waals surface area contributed by atoms with Gasteiger partial charge in [0.1, 0.15) is 5.69 Å². The summed E-state index contributed by atoms with van der Waals surface area (Å²) in [4.78, 5) is 27.4. The fraction of sp³-hybridized carbons (Fsp3) is 0.0667. The third-order valence-corrected chi connectivity index (χ3v) is 4.12. The summed E-state index contributed by atoms with van der Waals surface area (Å²) in [5.74, 6) is -1.09. The molecule has 2 N–H and O–H groups in total. The largest absolute Gasteiger partial charge is 0.476 e. The molecule has 0 aliphatic carbocycles. The zero-order valence-electron chi connectivity index (χ0n) is 11.5. The summed E-state index contributed by atoms with van der Waals surface area (Å²) in [7, 11) is 0. The van der Waals surface area contributed by atoms with Crippen LogP contribution < -0.4 is 5.56 Å². The van der Waals surface area contributed by atoms with E-state index in [1.807, 2.05) is 30.3 Å². The first-order valence-corrected chi connectivity index (χ1v) is 7.24. The van der Waals surface area contributed by atoms with Gasteiger partial charge in [0.25, 0.3) is 5.56 Å². The molecule has 0 saturated heterocycles. The van der Waals surface area contributed by atoms with E-state index in [2.05, 4.69) is 15.2 Å². The minimum Gasteiger partial charge on any atom is -0.476 e. The lowest BCUT2D eigenvalue weighted by atomic mass is 10.1. The molecule has 3 aromatic rings. The molecule has 22 heavy (non-hydrogen) atoms. The number of hydrogen-bond donors (Lipinski definition) is 2. The number of benzene rings is 1. The molecule has 2 heterocycles. The molecule has 0 unspecified atom stereocenters. The van der Waals surface area contributed by atoms with Crippen molar-refractivity contribution in [1.29, 1.82) is 0 Å². The van der Waals surface area contributed by atoms with Crippen molar-refractivity contribution >= 4 is 17.3 Å². The molecule has 0 aliphatic rings. The molecule has 0 aliphatic heterocycles. The number of carboxylic acid groups (broad SMARTS) is 1. The van der Waals surface area contributed by atoms with Crippen molar-refractivity contribution in [2.75, 3.05) is 0 Å². The molecule has 3 rings (SSSR count). The topological polar surface area (TPSA) is 95.9 Å². The van der Waals surface area contributed by atoms with Gasteiger partial charge in [-0.25, -0.2) is 14.9 Å². The van der Waals surface area contributed by atoms with Gasteiger partial charge in [-0.1, -0.05) is 30.3 Å². The molecule has 0 atom stereocenters. The summed E-state index contributed by atoms with van der Waals surface area (Å²) in [5, 5.41) is 15.6. The van der Waals surface area contributed by atoms with Crippen LogP contribution in [0.1, 0.15) is 15.4 Å². The van der Waals surface area contributed by atoms with E-state index in [0.29, 0.717) is 21.8 Å². The lowest BCUT2D eigenvalue weighted by Gasteiger charge is -2.04. The lowest BCUT2D eigenvalue weighted by molar-refractivity contribution is 0.0696. The van der Waals surface area contributed by atoms with Gasteiger partial charge in [0, 0.05) is 11.6 Å². The summed E-state index contributed by atoms with van der Waals surface area (Å²) in [6.45, 7) is 1.76. The summed E-state index contributed by atoms with van der Waals surface area (Å²) in [6.07, 6.45) is 0. The van der Waals surface area contributed by atoms with Crippen LogP contribution >= 0.6 is 11.3 Å². The maximum Gasteiger partial charge on any atom is 0.365 e. The second kappa shape index (κ2) is 5.53. The number of aromatic carboxylic acids is 1.